The maximum atomic E-state index is 13.2. The van der Waals surface area contributed by atoms with E-state index >= 15 is 0 Å². The number of methoxy groups -OCH3 is 1. The smallest absolute Gasteiger partial charge is 0.337 e. The zero-order valence-corrected chi connectivity index (χ0v) is 21.5. The second-order valence-electron chi connectivity index (χ2n) is 9.37. The largest absolute Gasteiger partial charge is 0.465 e. The fourth-order valence-corrected chi connectivity index (χ4v) is 4.20. The number of rotatable bonds is 10. The lowest BCUT2D eigenvalue weighted by Gasteiger charge is -2.26. The fraction of sp³-hybridized carbons (Fsp3) is 0.370. The van der Waals surface area contributed by atoms with E-state index in [4.69, 9.17) is 4.74 Å². The Balaban J connectivity index is 1.82. The summed E-state index contributed by atoms with van der Waals surface area (Å²) in [6.07, 6.45) is 1.21. The summed E-state index contributed by atoms with van der Waals surface area (Å²) >= 11 is 0. The molecule has 2 heterocycles. The summed E-state index contributed by atoms with van der Waals surface area (Å²) in [6.45, 7) is 4.92. The Morgan fingerprint density at radius 2 is 1.68 bits per heavy atom. The van der Waals surface area contributed by atoms with Crippen LogP contribution < -0.4 is 16.0 Å². The van der Waals surface area contributed by atoms with E-state index in [0.717, 1.165) is 0 Å². The molecule has 1 aromatic carbocycles. The molecule has 0 radical (unpaired) electrons. The Labute approximate surface area is 219 Å². The molecule has 0 spiro atoms. The van der Waals surface area contributed by atoms with Gasteiger partial charge in [0.15, 0.2) is 5.78 Å². The number of esters is 1. The van der Waals surface area contributed by atoms with E-state index < -0.39 is 59.3 Å². The van der Waals surface area contributed by atoms with E-state index in [0.29, 0.717) is 11.1 Å². The number of pyridine rings is 1. The number of amides is 4. The minimum atomic E-state index is -1.19. The summed E-state index contributed by atoms with van der Waals surface area (Å²) in [5.41, 5.74) is 0.962. The number of Topliss-reactive ketones (excluding diaryl/α,β-unsaturated/α-hetero) is 1. The molecule has 200 valence electrons. The van der Waals surface area contributed by atoms with Crippen molar-refractivity contribution in [2.24, 2.45) is 17.8 Å². The van der Waals surface area contributed by atoms with Crippen LogP contribution in [0.25, 0.3) is 0 Å². The normalized spacial score (nSPS) is 18.3. The number of aromatic nitrogens is 1. The van der Waals surface area contributed by atoms with Crippen LogP contribution in [0.1, 0.15) is 59.6 Å². The molecule has 1 saturated heterocycles. The molecule has 3 N–H and O–H groups in total. The van der Waals surface area contributed by atoms with Gasteiger partial charge in [0.1, 0.15) is 11.6 Å². The number of carbonyl (C=O) groups is 6. The predicted octanol–water partition coefficient (Wildman–Crippen LogP) is 1.35. The van der Waals surface area contributed by atoms with Gasteiger partial charge in [0.2, 0.25) is 17.7 Å². The Kier molecular flexibility index (Phi) is 9.06. The first-order chi connectivity index (χ1) is 18.0. The average molecular weight is 523 g/mol. The molecule has 11 heteroatoms. The van der Waals surface area contributed by atoms with E-state index in [-0.39, 0.29) is 18.0 Å². The predicted molar refractivity (Wildman–Crippen MR) is 134 cm³/mol. The third-order valence-electron chi connectivity index (χ3n) is 6.37. The highest BCUT2D eigenvalue weighted by atomic mass is 16.5. The lowest BCUT2D eigenvalue weighted by Crippen LogP contribution is -2.49. The van der Waals surface area contributed by atoms with Gasteiger partial charge in [-0.2, -0.15) is 0 Å². The van der Waals surface area contributed by atoms with Crippen molar-refractivity contribution in [2.75, 3.05) is 7.11 Å². The SMILES string of the molecule is COC(=O)c1ccc(C(CC(=O)N[C@@H](C(=O)[C@@H]2C(=O)NC(=O)[C@H]2C)C(C)C)NC(=O)c2ccccn2)cc1. The molecule has 0 bridgehead atoms. The van der Waals surface area contributed by atoms with Crippen LogP contribution in [0.2, 0.25) is 0 Å². The van der Waals surface area contributed by atoms with Crippen molar-refractivity contribution in [3.05, 3.63) is 65.5 Å². The molecule has 1 unspecified atom stereocenters. The molecule has 1 aliphatic heterocycles. The number of nitrogens with zero attached hydrogens (tertiary/aromatic N) is 1. The highest BCUT2D eigenvalue weighted by molar-refractivity contribution is 6.16. The molecule has 4 amide bonds. The second kappa shape index (κ2) is 12.2. The monoisotopic (exact) mass is 522 g/mol. The highest BCUT2D eigenvalue weighted by Crippen LogP contribution is 2.24. The van der Waals surface area contributed by atoms with Gasteiger partial charge < -0.3 is 15.4 Å². The summed E-state index contributed by atoms with van der Waals surface area (Å²) in [6, 6.07) is 9.17. The summed E-state index contributed by atoms with van der Waals surface area (Å²) in [5, 5.41) is 7.61. The number of carbonyl (C=O) groups excluding carboxylic acids is 6. The molecule has 1 fully saturated rings. The minimum absolute atomic E-state index is 0.144. The number of nitrogens with one attached hydrogen (secondary N) is 3. The molecule has 11 nitrogen and oxygen atoms in total. The average Bonchev–Trinajstić information content (AvgIpc) is 3.16. The van der Waals surface area contributed by atoms with Gasteiger partial charge in [-0.25, -0.2) is 4.79 Å². The van der Waals surface area contributed by atoms with Gasteiger partial charge in [0, 0.05) is 6.20 Å². The van der Waals surface area contributed by atoms with E-state index in [1.807, 2.05) is 0 Å². The van der Waals surface area contributed by atoms with Gasteiger partial charge in [0.05, 0.1) is 37.1 Å². The lowest BCUT2D eigenvalue weighted by atomic mass is 9.85. The molecular formula is C27H30N4O7. The first kappa shape index (κ1) is 28.2. The molecule has 1 aliphatic rings. The van der Waals surface area contributed by atoms with Crippen molar-refractivity contribution in [2.45, 2.75) is 39.3 Å². The van der Waals surface area contributed by atoms with Crippen LogP contribution in [0, 0.1) is 17.8 Å². The zero-order valence-electron chi connectivity index (χ0n) is 21.5. The van der Waals surface area contributed by atoms with Crippen LogP contribution in [-0.2, 0) is 23.9 Å². The number of benzene rings is 1. The molecule has 1 aromatic heterocycles. The van der Waals surface area contributed by atoms with Crippen LogP contribution in [0.4, 0.5) is 0 Å². The zero-order chi connectivity index (χ0) is 28.0. The Hall–Kier alpha value is -4.41. The number of hydrogen-bond acceptors (Lipinski definition) is 8. The Morgan fingerprint density at radius 3 is 2.21 bits per heavy atom. The van der Waals surface area contributed by atoms with E-state index in [1.54, 1.807) is 38.1 Å². The quantitative estimate of drug-likeness (QED) is 0.239. The van der Waals surface area contributed by atoms with Crippen LogP contribution in [-0.4, -0.2) is 53.5 Å². The van der Waals surface area contributed by atoms with Gasteiger partial charge in [-0.15, -0.1) is 0 Å². The van der Waals surface area contributed by atoms with Gasteiger partial charge >= 0.3 is 5.97 Å². The van der Waals surface area contributed by atoms with Crippen molar-refractivity contribution in [1.29, 1.82) is 0 Å². The van der Waals surface area contributed by atoms with Crippen molar-refractivity contribution < 1.29 is 33.5 Å². The summed E-state index contributed by atoms with van der Waals surface area (Å²) < 4.78 is 4.71. The molecule has 4 atom stereocenters. The first-order valence-electron chi connectivity index (χ1n) is 12.1. The number of ketones is 1. The van der Waals surface area contributed by atoms with Gasteiger partial charge in [-0.3, -0.25) is 34.3 Å². The maximum absolute atomic E-state index is 13.2. The van der Waals surface area contributed by atoms with Gasteiger partial charge in [-0.1, -0.05) is 39.0 Å². The molecule has 3 rings (SSSR count). The van der Waals surface area contributed by atoms with Gasteiger partial charge in [0.25, 0.3) is 5.91 Å². The van der Waals surface area contributed by atoms with Crippen molar-refractivity contribution in [3.8, 4) is 0 Å². The van der Waals surface area contributed by atoms with Crippen LogP contribution in [0.3, 0.4) is 0 Å². The van der Waals surface area contributed by atoms with E-state index in [9.17, 15) is 28.8 Å². The third-order valence-corrected chi connectivity index (χ3v) is 6.37. The summed E-state index contributed by atoms with van der Waals surface area (Å²) in [5.74, 6) is -5.79. The highest BCUT2D eigenvalue weighted by Gasteiger charge is 2.46. The third kappa shape index (κ3) is 6.47. The van der Waals surface area contributed by atoms with Crippen molar-refractivity contribution in [3.63, 3.8) is 0 Å². The molecule has 38 heavy (non-hydrogen) atoms. The standard InChI is InChI=1S/C27H30N4O7/c1-14(2)22(23(33)21-15(3)24(34)31-26(21)36)30-20(32)13-19(29-25(35)18-7-5-6-12-28-18)16-8-10-17(11-9-16)27(37)38-4/h5-12,14-15,19,21-22H,13H2,1-4H3,(H,29,35)(H,30,32)(H,31,34,36)/t15-,19?,21+,22+/m0/s1. The van der Waals surface area contributed by atoms with E-state index in [1.165, 1.54) is 38.4 Å². The summed E-state index contributed by atoms with van der Waals surface area (Å²) in [7, 11) is 1.26. The molecule has 0 aliphatic carbocycles. The fourth-order valence-electron chi connectivity index (χ4n) is 4.20. The maximum Gasteiger partial charge on any atom is 0.337 e. The van der Waals surface area contributed by atoms with Gasteiger partial charge in [-0.05, 0) is 35.7 Å². The van der Waals surface area contributed by atoms with E-state index in [2.05, 4.69) is 20.9 Å². The topological polar surface area (TPSA) is 161 Å². The number of hydrogen-bond donors (Lipinski definition) is 3. The van der Waals surface area contributed by atoms with Crippen molar-refractivity contribution >= 4 is 35.4 Å². The van der Waals surface area contributed by atoms with Crippen LogP contribution in [0.15, 0.2) is 48.7 Å². The number of imide groups is 1. The minimum Gasteiger partial charge on any atom is -0.465 e. The second-order valence-corrected chi connectivity index (χ2v) is 9.37. The van der Waals surface area contributed by atoms with Crippen molar-refractivity contribution in [1.82, 2.24) is 20.9 Å². The number of ether oxygens (including phenoxy) is 1. The Bertz CT molecular complexity index is 1230. The molecule has 2 aromatic rings. The first-order valence-corrected chi connectivity index (χ1v) is 12.1. The molecule has 0 saturated carbocycles. The molecular weight excluding hydrogens is 492 g/mol. The lowest BCUT2D eigenvalue weighted by molar-refractivity contribution is -0.137. The Morgan fingerprint density at radius 1 is 1.00 bits per heavy atom. The van der Waals surface area contributed by atoms with Crippen LogP contribution >= 0.6 is 0 Å². The summed E-state index contributed by atoms with van der Waals surface area (Å²) in [4.78, 5) is 79.1. The van der Waals surface area contributed by atoms with Crippen LogP contribution in [0.5, 0.6) is 0 Å².